The number of hydrogen-bond donors (Lipinski definition) is 3. The summed E-state index contributed by atoms with van der Waals surface area (Å²) in [6.07, 6.45) is 1.65. The van der Waals surface area contributed by atoms with Crippen LogP contribution in [0.4, 0.5) is 14.9 Å². The Bertz CT molecular complexity index is 628. The van der Waals surface area contributed by atoms with E-state index in [9.17, 15) is 14.0 Å². The molecule has 2 fully saturated rings. The molecule has 24 heavy (non-hydrogen) atoms. The monoisotopic (exact) mass is 356 g/mol. The first-order chi connectivity index (χ1) is 11.0. The third-order valence-corrected chi connectivity index (χ3v) is 4.32. The molecule has 0 aliphatic carbocycles. The second-order valence-electron chi connectivity index (χ2n) is 6.10. The fourth-order valence-electron chi connectivity index (χ4n) is 3.10. The van der Waals surface area contributed by atoms with Crippen molar-refractivity contribution in [2.75, 3.05) is 24.5 Å². The van der Waals surface area contributed by atoms with E-state index < -0.39 is 11.7 Å². The molecule has 6 nitrogen and oxygen atoms in total. The van der Waals surface area contributed by atoms with Crippen molar-refractivity contribution in [2.45, 2.75) is 31.8 Å². The van der Waals surface area contributed by atoms with Crippen molar-refractivity contribution in [3.8, 4) is 0 Å². The number of piperidine rings is 1. The molecule has 0 radical (unpaired) electrons. The van der Waals surface area contributed by atoms with Gasteiger partial charge in [0.05, 0.1) is 5.56 Å². The van der Waals surface area contributed by atoms with E-state index in [1.54, 1.807) is 0 Å². The lowest BCUT2D eigenvalue weighted by Crippen LogP contribution is -2.46. The lowest BCUT2D eigenvalue weighted by molar-refractivity contribution is 0.0921. The Kier molecular flexibility index (Phi) is 6.01. The van der Waals surface area contributed by atoms with E-state index in [-0.39, 0.29) is 30.0 Å². The van der Waals surface area contributed by atoms with Gasteiger partial charge in [-0.3, -0.25) is 9.69 Å². The van der Waals surface area contributed by atoms with Crippen LogP contribution < -0.4 is 20.9 Å². The molecule has 8 heteroatoms. The summed E-state index contributed by atoms with van der Waals surface area (Å²) in [6, 6.07) is 4.34. The second kappa shape index (κ2) is 7.81. The van der Waals surface area contributed by atoms with Crippen molar-refractivity contribution in [2.24, 2.45) is 0 Å². The zero-order valence-corrected chi connectivity index (χ0v) is 14.3. The molecule has 2 aliphatic rings. The molecule has 2 atom stereocenters. The summed E-state index contributed by atoms with van der Waals surface area (Å²) in [5.41, 5.74) is 0.513. The van der Waals surface area contributed by atoms with Crippen LogP contribution in [0.3, 0.4) is 0 Å². The summed E-state index contributed by atoms with van der Waals surface area (Å²) in [4.78, 5) is 25.6. The number of carbonyl (C=O) groups excluding carboxylic acids is 2. The van der Waals surface area contributed by atoms with Crippen molar-refractivity contribution in [3.63, 3.8) is 0 Å². The Morgan fingerprint density at radius 2 is 2.17 bits per heavy atom. The predicted molar refractivity (Wildman–Crippen MR) is 92.3 cm³/mol. The molecule has 0 bridgehead atoms. The molecule has 1 aromatic carbocycles. The Balaban J connectivity index is 0.00000208. The molecule has 2 aliphatic heterocycles. The van der Waals surface area contributed by atoms with Gasteiger partial charge in [0.1, 0.15) is 5.82 Å². The number of hydrogen-bond acceptors (Lipinski definition) is 3. The average Bonchev–Trinajstić information content (AvgIpc) is 2.94. The van der Waals surface area contributed by atoms with Crippen molar-refractivity contribution < 1.29 is 14.0 Å². The smallest absolute Gasteiger partial charge is 0.321 e. The summed E-state index contributed by atoms with van der Waals surface area (Å²) in [5.74, 6) is -1.00. The van der Waals surface area contributed by atoms with Crippen LogP contribution in [0.1, 0.15) is 30.1 Å². The van der Waals surface area contributed by atoms with Crippen LogP contribution in [0.2, 0.25) is 0 Å². The summed E-state index contributed by atoms with van der Waals surface area (Å²) in [7, 11) is 0. The van der Waals surface area contributed by atoms with Gasteiger partial charge in [-0.2, -0.15) is 0 Å². The fraction of sp³-hybridized carbons (Fsp3) is 0.500. The molecule has 3 N–H and O–H groups in total. The largest absolute Gasteiger partial charge is 0.349 e. The van der Waals surface area contributed by atoms with Crippen LogP contribution in [0.5, 0.6) is 0 Å². The fourth-order valence-corrected chi connectivity index (χ4v) is 3.10. The predicted octanol–water partition coefficient (Wildman–Crippen LogP) is 1.65. The maximum atomic E-state index is 14.0. The van der Waals surface area contributed by atoms with Crippen LogP contribution in [-0.4, -0.2) is 43.7 Å². The highest BCUT2D eigenvalue weighted by Gasteiger charge is 2.25. The Labute approximate surface area is 146 Å². The third-order valence-electron chi connectivity index (χ3n) is 4.32. The number of nitrogens with one attached hydrogen (secondary N) is 3. The lowest BCUT2D eigenvalue weighted by Gasteiger charge is -2.28. The molecule has 2 saturated heterocycles. The van der Waals surface area contributed by atoms with Gasteiger partial charge in [0.15, 0.2) is 0 Å². The van der Waals surface area contributed by atoms with Gasteiger partial charge in [0.25, 0.3) is 5.91 Å². The molecule has 1 aromatic rings. The molecular formula is C16H22ClFN4O2. The summed E-state index contributed by atoms with van der Waals surface area (Å²) in [6.45, 7) is 3.95. The molecular weight excluding hydrogens is 335 g/mol. The molecule has 0 aromatic heterocycles. The number of urea groups is 1. The van der Waals surface area contributed by atoms with Gasteiger partial charge < -0.3 is 16.0 Å². The number of halogens is 2. The Hall–Kier alpha value is -1.86. The first-order valence-electron chi connectivity index (χ1n) is 7.94. The highest BCUT2D eigenvalue weighted by molar-refractivity contribution is 5.98. The van der Waals surface area contributed by atoms with Gasteiger partial charge in [-0.05, 0) is 44.5 Å². The number of amides is 3. The minimum absolute atomic E-state index is 0. The first kappa shape index (κ1) is 18.5. The van der Waals surface area contributed by atoms with Crippen LogP contribution in [0.15, 0.2) is 18.2 Å². The van der Waals surface area contributed by atoms with E-state index >= 15 is 0 Å². The molecule has 0 spiro atoms. The maximum Gasteiger partial charge on any atom is 0.321 e. The Morgan fingerprint density at radius 3 is 2.83 bits per heavy atom. The third kappa shape index (κ3) is 3.96. The van der Waals surface area contributed by atoms with Crippen LogP contribution >= 0.6 is 12.4 Å². The highest BCUT2D eigenvalue weighted by Crippen LogP contribution is 2.21. The quantitative estimate of drug-likeness (QED) is 0.771. The number of nitrogens with zero attached hydrogens (tertiary/aromatic N) is 1. The van der Waals surface area contributed by atoms with Crippen molar-refractivity contribution in [1.29, 1.82) is 0 Å². The zero-order chi connectivity index (χ0) is 16.4. The molecule has 2 heterocycles. The summed E-state index contributed by atoms with van der Waals surface area (Å²) >= 11 is 0. The molecule has 3 rings (SSSR count). The maximum absolute atomic E-state index is 14.0. The van der Waals surface area contributed by atoms with E-state index in [2.05, 4.69) is 22.9 Å². The SMILES string of the molecule is CC1CC(NC(=O)c2cc(N3CCNC3=O)ccc2F)CCN1.Cl. The standard InChI is InChI=1S/C16H21FN4O2.ClH/c1-10-8-11(4-5-18-10)20-15(22)13-9-12(2-3-14(13)17)21-7-6-19-16(21)23;/h2-3,9-11,18H,4-8H2,1H3,(H,19,23)(H,20,22);1H. The average molecular weight is 357 g/mol. The van der Waals surface area contributed by atoms with E-state index in [1.807, 2.05) is 0 Å². The Morgan fingerprint density at radius 1 is 1.38 bits per heavy atom. The lowest BCUT2D eigenvalue weighted by atomic mass is 10.00. The van der Waals surface area contributed by atoms with Gasteiger partial charge in [-0.15, -0.1) is 12.4 Å². The molecule has 2 unspecified atom stereocenters. The molecule has 0 saturated carbocycles. The number of rotatable bonds is 3. The topological polar surface area (TPSA) is 73.5 Å². The highest BCUT2D eigenvalue weighted by atomic mass is 35.5. The number of anilines is 1. The minimum atomic E-state index is -0.576. The van der Waals surface area contributed by atoms with Crippen LogP contribution in [0, 0.1) is 5.82 Å². The second-order valence-corrected chi connectivity index (χ2v) is 6.10. The minimum Gasteiger partial charge on any atom is -0.349 e. The molecule has 132 valence electrons. The summed E-state index contributed by atoms with van der Waals surface area (Å²) < 4.78 is 14.0. The van der Waals surface area contributed by atoms with E-state index in [0.29, 0.717) is 24.8 Å². The van der Waals surface area contributed by atoms with Gasteiger partial charge in [0.2, 0.25) is 0 Å². The first-order valence-corrected chi connectivity index (χ1v) is 7.94. The van der Waals surface area contributed by atoms with Crippen LogP contribution in [0.25, 0.3) is 0 Å². The normalized spacial score (nSPS) is 23.4. The van der Waals surface area contributed by atoms with Gasteiger partial charge in [0, 0.05) is 30.9 Å². The molecule has 3 amide bonds. The van der Waals surface area contributed by atoms with E-state index in [4.69, 9.17) is 0 Å². The van der Waals surface area contributed by atoms with Gasteiger partial charge in [-0.25, -0.2) is 9.18 Å². The number of benzene rings is 1. The zero-order valence-electron chi connectivity index (χ0n) is 13.5. The number of carbonyl (C=O) groups is 2. The van der Waals surface area contributed by atoms with E-state index in [0.717, 1.165) is 19.4 Å². The van der Waals surface area contributed by atoms with Crippen molar-refractivity contribution in [3.05, 3.63) is 29.6 Å². The summed E-state index contributed by atoms with van der Waals surface area (Å²) in [5, 5.41) is 8.90. The van der Waals surface area contributed by atoms with Gasteiger partial charge in [-0.1, -0.05) is 0 Å². The van der Waals surface area contributed by atoms with Gasteiger partial charge >= 0.3 is 6.03 Å². The van der Waals surface area contributed by atoms with E-state index in [1.165, 1.54) is 23.1 Å². The van der Waals surface area contributed by atoms with Crippen molar-refractivity contribution >= 4 is 30.0 Å². The van der Waals surface area contributed by atoms with Crippen LogP contribution in [-0.2, 0) is 0 Å². The van der Waals surface area contributed by atoms with Crippen molar-refractivity contribution in [1.82, 2.24) is 16.0 Å².